The molecule has 2 N–H and O–H groups in total. The molecule has 5 nitrogen and oxygen atoms in total. The molecule has 0 aliphatic heterocycles. The van der Waals surface area contributed by atoms with Gasteiger partial charge in [0.25, 0.3) is 0 Å². The Morgan fingerprint density at radius 2 is 1.92 bits per heavy atom. The summed E-state index contributed by atoms with van der Waals surface area (Å²) >= 11 is 0. The average Bonchev–Trinajstić information content (AvgIpc) is 2.94. The van der Waals surface area contributed by atoms with E-state index in [0.717, 1.165) is 42.7 Å². The van der Waals surface area contributed by atoms with Crippen LogP contribution in [0.4, 0.5) is 5.82 Å². The van der Waals surface area contributed by atoms with Gasteiger partial charge in [0.2, 0.25) is 0 Å². The Morgan fingerprint density at radius 1 is 1.16 bits per heavy atom. The maximum Gasteiger partial charge on any atom is 0.151 e. The number of nitrogens with two attached hydrogens (primary N) is 1. The van der Waals surface area contributed by atoms with E-state index in [1.807, 2.05) is 6.33 Å². The molecular formula is C20H35N5. The van der Waals surface area contributed by atoms with Crippen molar-refractivity contribution in [2.24, 2.45) is 0 Å². The smallest absolute Gasteiger partial charge is 0.151 e. The summed E-state index contributed by atoms with van der Waals surface area (Å²) in [5, 5.41) is 0. The average molecular weight is 346 g/mol. The van der Waals surface area contributed by atoms with Crippen molar-refractivity contribution in [1.82, 2.24) is 19.4 Å². The predicted molar refractivity (Wildman–Crippen MR) is 107 cm³/mol. The van der Waals surface area contributed by atoms with Crippen molar-refractivity contribution >= 4 is 16.9 Å². The Hall–Kier alpha value is -1.62. The van der Waals surface area contributed by atoms with Crippen LogP contribution in [0.2, 0.25) is 0 Å². The molecule has 0 aliphatic rings. The van der Waals surface area contributed by atoms with Gasteiger partial charge in [-0.3, -0.25) is 0 Å². The lowest BCUT2D eigenvalue weighted by atomic mass is 10.1. The Labute approximate surface area is 152 Å². The fraction of sp³-hybridized carbons (Fsp3) is 0.700. The van der Waals surface area contributed by atoms with Crippen molar-refractivity contribution < 1.29 is 0 Å². The van der Waals surface area contributed by atoms with Gasteiger partial charge in [-0.25, -0.2) is 9.97 Å². The molecule has 2 rings (SSSR count). The van der Waals surface area contributed by atoms with Gasteiger partial charge in [0.05, 0.1) is 11.8 Å². The third-order valence-corrected chi connectivity index (χ3v) is 5.01. The van der Waals surface area contributed by atoms with Crippen LogP contribution in [0, 0.1) is 0 Å². The molecule has 5 heteroatoms. The predicted octanol–water partition coefficient (Wildman–Crippen LogP) is 4.26. The van der Waals surface area contributed by atoms with Gasteiger partial charge in [-0.2, -0.15) is 0 Å². The van der Waals surface area contributed by atoms with Crippen molar-refractivity contribution in [1.29, 1.82) is 0 Å². The number of aryl methyl sites for hydroxylation is 2. The van der Waals surface area contributed by atoms with Crippen molar-refractivity contribution in [3.05, 3.63) is 18.1 Å². The van der Waals surface area contributed by atoms with Crippen LogP contribution in [-0.4, -0.2) is 38.6 Å². The van der Waals surface area contributed by atoms with Crippen LogP contribution in [0.5, 0.6) is 0 Å². The lowest BCUT2D eigenvalue weighted by Crippen LogP contribution is -2.38. The fourth-order valence-electron chi connectivity index (χ4n) is 2.97. The summed E-state index contributed by atoms with van der Waals surface area (Å²) in [6, 6.07) is 2.18. The Morgan fingerprint density at radius 3 is 2.60 bits per heavy atom. The molecule has 25 heavy (non-hydrogen) atoms. The number of nitrogen functional groups attached to an aromatic ring is 1. The highest BCUT2D eigenvalue weighted by Crippen LogP contribution is 2.21. The number of nitrogens with zero attached hydrogens (tertiary/aromatic N) is 4. The molecule has 0 saturated carbocycles. The zero-order chi connectivity index (χ0) is 18.4. The normalized spacial score (nSPS) is 12.4. The van der Waals surface area contributed by atoms with Crippen LogP contribution in [0.1, 0.15) is 65.5 Å². The minimum absolute atomic E-state index is 0.231. The van der Waals surface area contributed by atoms with Crippen molar-refractivity contribution in [3.63, 3.8) is 0 Å². The number of aromatic nitrogens is 3. The van der Waals surface area contributed by atoms with E-state index in [4.69, 9.17) is 5.73 Å². The van der Waals surface area contributed by atoms with Gasteiger partial charge in [-0.05, 0) is 66.1 Å². The molecule has 2 aromatic rings. The van der Waals surface area contributed by atoms with Crippen LogP contribution in [0.25, 0.3) is 11.0 Å². The number of pyridine rings is 1. The number of hydrogen-bond acceptors (Lipinski definition) is 4. The maximum absolute atomic E-state index is 6.12. The Bertz CT molecular complexity index is 669. The topological polar surface area (TPSA) is 60.0 Å². The van der Waals surface area contributed by atoms with Crippen molar-refractivity contribution in [2.75, 3.05) is 19.3 Å². The van der Waals surface area contributed by atoms with E-state index in [2.05, 4.69) is 60.2 Å². The lowest BCUT2D eigenvalue weighted by Gasteiger charge is -2.31. The molecular weight excluding hydrogens is 310 g/mol. The molecule has 0 atom stereocenters. The molecule has 140 valence electrons. The molecule has 0 radical (unpaired) electrons. The first-order valence-corrected chi connectivity index (χ1v) is 9.64. The molecule has 0 saturated heterocycles. The van der Waals surface area contributed by atoms with E-state index >= 15 is 0 Å². The number of hydrogen-bond donors (Lipinski definition) is 1. The number of unbranched alkanes of at least 4 members (excludes halogenated alkanes) is 3. The van der Waals surface area contributed by atoms with E-state index in [0.29, 0.717) is 5.82 Å². The van der Waals surface area contributed by atoms with Gasteiger partial charge >= 0.3 is 0 Å². The second kappa shape index (κ2) is 8.65. The zero-order valence-electron chi connectivity index (χ0n) is 16.7. The van der Waals surface area contributed by atoms with Crippen LogP contribution in [-0.2, 0) is 13.0 Å². The van der Waals surface area contributed by atoms with E-state index in [1.165, 1.54) is 25.7 Å². The van der Waals surface area contributed by atoms with Crippen LogP contribution in [0.15, 0.2) is 12.4 Å². The molecule has 0 spiro atoms. The molecule has 0 amide bonds. The van der Waals surface area contributed by atoms with E-state index in [9.17, 15) is 0 Å². The van der Waals surface area contributed by atoms with Gasteiger partial charge in [0.1, 0.15) is 5.52 Å². The van der Waals surface area contributed by atoms with Crippen LogP contribution < -0.4 is 5.73 Å². The summed E-state index contributed by atoms with van der Waals surface area (Å²) in [6.45, 7) is 11.1. The number of imidazole rings is 1. The maximum atomic E-state index is 6.12. The van der Waals surface area contributed by atoms with Crippen molar-refractivity contribution in [3.8, 4) is 0 Å². The quantitative estimate of drug-likeness (QED) is 0.690. The summed E-state index contributed by atoms with van der Waals surface area (Å²) < 4.78 is 2.23. The van der Waals surface area contributed by atoms with Gasteiger partial charge in [-0.15, -0.1) is 0 Å². The summed E-state index contributed by atoms with van der Waals surface area (Å²) in [6.07, 6.45) is 8.85. The summed E-state index contributed by atoms with van der Waals surface area (Å²) in [5.41, 5.74) is 9.41. The number of fused-ring (bicyclic) bond motifs is 1. The molecule has 0 bridgehead atoms. The lowest BCUT2D eigenvalue weighted by molar-refractivity contribution is 0.172. The summed E-state index contributed by atoms with van der Waals surface area (Å²) in [4.78, 5) is 11.4. The highest BCUT2D eigenvalue weighted by molar-refractivity contribution is 5.85. The largest absolute Gasteiger partial charge is 0.382 e. The first kappa shape index (κ1) is 19.7. The third kappa shape index (κ3) is 5.43. The molecule has 2 aromatic heterocycles. The first-order chi connectivity index (χ1) is 11.8. The molecule has 0 unspecified atom stereocenters. The van der Waals surface area contributed by atoms with Crippen LogP contribution in [0.3, 0.4) is 0 Å². The summed E-state index contributed by atoms with van der Waals surface area (Å²) in [5.74, 6) is 0.565. The van der Waals surface area contributed by atoms with Crippen LogP contribution >= 0.6 is 0 Å². The molecule has 0 aromatic carbocycles. The van der Waals surface area contributed by atoms with E-state index < -0.39 is 0 Å². The summed E-state index contributed by atoms with van der Waals surface area (Å²) in [7, 11) is 2.20. The first-order valence-electron chi connectivity index (χ1n) is 9.64. The minimum Gasteiger partial charge on any atom is -0.382 e. The molecule has 2 heterocycles. The SMILES string of the molecule is CCCCCc1cc2c(ncn2CCCCN(C)C(C)(C)C)c(N)n1. The van der Waals surface area contributed by atoms with E-state index in [-0.39, 0.29) is 5.54 Å². The standard InChI is InChI=1S/C20H35N5/c1-6-7-8-11-16-14-17-18(19(21)23-16)22-15-25(17)13-10-9-12-24(5)20(2,3)4/h14-15H,6-13H2,1-5H3,(H2,21,23). The highest BCUT2D eigenvalue weighted by Gasteiger charge is 2.16. The fourth-order valence-corrected chi connectivity index (χ4v) is 2.97. The second-order valence-electron chi connectivity index (χ2n) is 8.06. The van der Waals surface area contributed by atoms with Crippen molar-refractivity contribution in [2.45, 2.75) is 78.3 Å². The third-order valence-electron chi connectivity index (χ3n) is 5.01. The van der Waals surface area contributed by atoms with Gasteiger partial charge in [-0.1, -0.05) is 19.8 Å². The Kier molecular flexibility index (Phi) is 6.82. The van der Waals surface area contributed by atoms with E-state index in [1.54, 1.807) is 0 Å². The zero-order valence-corrected chi connectivity index (χ0v) is 16.7. The monoisotopic (exact) mass is 345 g/mol. The van der Waals surface area contributed by atoms with Gasteiger partial charge in [0, 0.05) is 17.8 Å². The van der Waals surface area contributed by atoms with Gasteiger partial charge in [0.15, 0.2) is 5.82 Å². The highest BCUT2D eigenvalue weighted by atomic mass is 15.2. The number of anilines is 1. The van der Waals surface area contributed by atoms with Gasteiger partial charge < -0.3 is 15.2 Å². The number of rotatable bonds is 9. The molecule has 0 fully saturated rings. The molecule has 0 aliphatic carbocycles. The minimum atomic E-state index is 0.231. The second-order valence-corrected chi connectivity index (χ2v) is 8.06. The Balaban J connectivity index is 1.98.